The Morgan fingerprint density at radius 2 is 1.85 bits per heavy atom. The van der Waals surface area contributed by atoms with Crippen LogP contribution in [0.4, 0.5) is 0 Å². The van der Waals surface area contributed by atoms with Gasteiger partial charge >= 0.3 is 0 Å². The summed E-state index contributed by atoms with van der Waals surface area (Å²) in [4.78, 5) is 15.6. The van der Waals surface area contributed by atoms with Crippen LogP contribution >= 0.6 is 0 Å². The molecule has 2 aromatic rings. The zero-order valence-electron chi connectivity index (χ0n) is 15.9. The van der Waals surface area contributed by atoms with E-state index in [1.807, 2.05) is 24.2 Å². The zero-order chi connectivity index (χ0) is 19.6. The molecule has 3 rings (SSSR count). The molecule has 0 bridgehead atoms. The van der Waals surface area contributed by atoms with Gasteiger partial charge in [-0.05, 0) is 17.7 Å². The van der Waals surface area contributed by atoms with Crippen molar-refractivity contribution in [3.05, 3.63) is 36.7 Å². The summed E-state index contributed by atoms with van der Waals surface area (Å²) in [6.45, 7) is 2.15. The normalized spacial score (nSPS) is 16.4. The smallest absolute Gasteiger partial charge is 0.243 e. The molecule has 8 nitrogen and oxygen atoms in total. The van der Waals surface area contributed by atoms with Gasteiger partial charge in [0.05, 0.1) is 17.6 Å². The van der Waals surface area contributed by atoms with E-state index in [2.05, 4.69) is 5.10 Å². The average molecular weight is 391 g/mol. The third kappa shape index (κ3) is 4.37. The fraction of sp³-hybridized carbons (Fsp3) is 0.444. The number of carbonyl (C=O) groups excluding carboxylic acids is 1. The Morgan fingerprint density at radius 3 is 2.44 bits per heavy atom. The van der Waals surface area contributed by atoms with Crippen molar-refractivity contribution in [3.8, 4) is 11.1 Å². The van der Waals surface area contributed by atoms with Gasteiger partial charge in [0.2, 0.25) is 15.9 Å². The number of carbonyl (C=O) groups is 1. The van der Waals surface area contributed by atoms with Gasteiger partial charge in [-0.2, -0.15) is 9.40 Å². The van der Waals surface area contributed by atoms with Crippen LogP contribution in [-0.4, -0.2) is 85.0 Å². The number of nitrogens with zero attached hydrogens (tertiary/aromatic N) is 5. The van der Waals surface area contributed by atoms with Gasteiger partial charge in [0.1, 0.15) is 0 Å². The van der Waals surface area contributed by atoms with E-state index in [1.165, 1.54) is 4.31 Å². The highest BCUT2D eigenvalue weighted by Gasteiger charge is 2.29. The van der Waals surface area contributed by atoms with Crippen molar-refractivity contribution in [2.45, 2.75) is 4.90 Å². The van der Waals surface area contributed by atoms with Crippen LogP contribution in [0.25, 0.3) is 11.1 Å². The maximum Gasteiger partial charge on any atom is 0.243 e. The molecule has 0 spiro atoms. The molecule has 0 aliphatic carbocycles. The standard InChI is InChI=1S/C18H25N5O3S/c1-20(2)18(24)14-22-7-9-23(10-8-22)27(25,26)17-6-4-5-15(11-17)16-12-19-21(3)13-16/h4-6,11-13H,7-10,14H2,1-3H3. The zero-order valence-corrected chi connectivity index (χ0v) is 16.7. The Bertz CT molecular complexity index is 915. The second kappa shape index (κ2) is 7.79. The summed E-state index contributed by atoms with van der Waals surface area (Å²) in [5.74, 6) is 0.0236. The van der Waals surface area contributed by atoms with Gasteiger partial charge in [-0.1, -0.05) is 12.1 Å². The van der Waals surface area contributed by atoms with Gasteiger partial charge < -0.3 is 4.90 Å². The van der Waals surface area contributed by atoms with E-state index in [0.29, 0.717) is 32.7 Å². The van der Waals surface area contributed by atoms with Crippen molar-refractivity contribution in [2.75, 3.05) is 46.8 Å². The van der Waals surface area contributed by atoms with Crippen LogP contribution < -0.4 is 0 Å². The lowest BCUT2D eigenvalue weighted by atomic mass is 10.1. The minimum atomic E-state index is -3.57. The van der Waals surface area contributed by atoms with Crippen LogP contribution in [0.15, 0.2) is 41.6 Å². The van der Waals surface area contributed by atoms with Crippen molar-refractivity contribution in [3.63, 3.8) is 0 Å². The number of rotatable bonds is 5. The van der Waals surface area contributed by atoms with E-state index in [4.69, 9.17) is 0 Å². The number of aromatic nitrogens is 2. The van der Waals surface area contributed by atoms with E-state index in [9.17, 15) is 13.2 Å². The molecule has 1 amide bonds. The van der Waals surface area contributed by atoms with Crippen molar-refractivity contribution < 1.29 is 13.2 Å². The minimum absolute atomic E-state index is 0.0236. The third-order valence-corrected chi connectivity index (χ3v) is 6.59. The summed E-state index contributed by atoms with van der Waals surface area (Å²) in [7, 11) is 1.70. The molecule has 0 saturated carbocycles. The average Bonchev–Trinajstić information content (AvgIpc) is 3.08. The Labute approximate surface area is 160 Å². The molecule has 0 unspecified atom stereocenters. The summed E-state index contributed by atoms with van der Waals surface area (Å²) >= 11 is 0. The number of likely N-dealkylation sites (N-methyl/N-ethyl adjacent to an activating group) is 1. The Morgan fingerprint density at radius 1 is 1.15 bits per heavy atom. The van der Waals surface area contributed by atoms with Gasteiger partial charge in [0.25, 0.3) is 0 Å². The van der Waals surface area contributed by atoms with Crippen molar-refractivity contribution in [2.24, 2.45) is 7.05 Å². The van der Waals surface area contributed by atoms with E-state index >= 15 is 0 Å². The van der Waals surface area contributed by atoms with E-state index < -0.39 is 10.0 Å². The molecule has 0 radical (unpaired) electrons. The summed E-state index contributed by atoms with van der Waals surface area (Å²) < 4.78 is 29.2. The lowest BCUT2D eigenvalue weighted by Gasteiger charge is -2.34. The molecule has 1 aliphatic heterocycles. The summed E-state index contributed by atoms with van der Waals surface area (Å²) in [5.41, 5.74) is 1.70. The molecule has 0 atom stereocenters. The van der Waals surface area contributed by atoms with Gasteiger partial charge in [0, 0.05) is 59.1 Å². The topological polar surface area (TPSA) is 78.8 Å². The highest BCUT2D eigenvalue weighted by Crippen LogP contribution is 2.24. The molecule has 27 heavy (non-hydrogen) atoms. The first-order chi connectivity index (χ1) is 12.8. The first-order valence-corrected chi connectivity index (χ1v) is 10.2. The Hall–Kier alpha value is -2.23. The largest absolute Gasteiger partial charge is 0.348 e. The fourth-order valence-electron chi connectivity index (χ4n) is 3.02. The van der Waals surface area contributed by atoms with Gasteiger partial charge in [-0.15, -0.1) is 0 Å². The number of piperazine rings is 1. The van der Waals surface area contributed by atoms with Crippen LogP contribution in [0.5, 0.6) is 0 Å². The van der Waals surface area contributed by atoms with Crippen LogP contribution in [0.2, 0.25) is 0 Å². The van der Waals surface area contributed by atoms with Crippen molar-refractivity contribution in [1.82, 2.24) is 23.9 Å². The van der Waals surface area contributed by atoms with E-state index in [-0.39, 0.29) is 10.8 Å². The van der Waals surface area contributed by atoms with Gasteiger partial charge in [0.15, 0.2) is 0 Å². The molecule has 1 saturated heterocycles. The Balaban J connectivity index is 1.71. The van der Waals surface area contributed by atoms with Gasteiger partial charge in [-0.3, -0.25) is 14.4 Å². The predicted octanol–water partition coefficient (Wildman–Crippen LogP) is 0.482. The molecular formula is C18H25N5O3S. The molecule has 1 aromatic heterocycles. The molecule has 0 N–H and O–H groups in total. The van der Waals surface area contributed by atoms with Crippen LogP contribution in [0, 0.1) is 0 Å². The molecule has 1 aliphatic rings. The van der Waals surface area contributed by atoms with Crippen LogP contribution in [0.1, 0.15) is 0 Å². The second-order valence-corrected chi connectivity index (χ2v) is 8.84. The maximum absolute atomic E-state index is 13.0. The number of sulfonamides is 1. The molecule has 2 heterocycles. The maximum atomic E-state index is 13.0. The summed E-state index contributed by atoms with van der Waals surface area (Å²) in [5, 5.41) is 4.14. The fourth-order valence-corrected chi connectivity index (χ4v) is 4.48. The molecule has 1 aromatic carbocycles. The third-order valence-electron chi connectivity index (χ3n) is 4.70. The van der Waals surface area contributed by atoms with Crippen molar-refractivity contribution >= 4 is 15.9 Å². The number of hydrogen-bond acceptors (Lipinski definition) is 5. The molecule has 1 fully saturated rings. The first-order valence-electron chi connectivity index (χ1n) is 8.79. The first kappa shape index (κ1) is 19.5. The van der Waals surface area contributed by atoms with E-state index in [0.717, 1.165) is 11.1 Å². The molecule has 9 heteroatoms. The van der Waals surface area contributed by atoms with Crippen molar-refractivity contribution in [1.29, 1.82) is 0 Å². The monoisotopic (exact) mass is 391 g/mol. The SMILES string of the molecule is CN(C)C(=O)CN1CCN(S(=O)(=O)c2cccc(-c3cnn(C)c3)c2)CC1. The number of hydrogen-bond donors (Lipinski definition) is 0. The van der Waals surface area contributed by atoms with E-state index in [1.54, 1.807) is 48.1 Å². The predicted molar refractivity (Wildman–Crippen MR) is 103 cm³/mol. The highest BCUT2D eigenvalue weighted by atomic mass is 32.2. The lowest BCUT2D eigenvalue weighted by molar-refractivity contribution is -0.130. The highest BCUT2D eigenvalue weighted by molar-refractivity contribution is 7.89. The minimum Gasteiger partial charge on any atom is -0.348 e. The summed E-state index contributed by atoms with van der Waals surface area (Å²) in [6, 6.07) is 6.94. The van der Waals surface area contributed by atoms with Crippen LogP contribution in [0.3, 0.4) is 0 Å². The van der Waals surface area contributed by atoms with Gasteiger partial charge in [-0.25, -0.2) is 8.42 Å². The number of benzene rings is 1. The Kier molecular flexibility index (Phi) is 5.64. The quantitative estimate of drug-likeness (QED) is 0.741. The molecule has 146 valence electrons. The lowest BCUT2D eigenvalue weighted by Crippen LogP contribution is -2.50. The van der Waals surface area contributed by atoms with Crippen LogP contribution in [-0.2, 0) is 21.9 Å². The summed E-state index contributed by atoms with van der Waals surface area (Å²) in [6.07, 6.45) is 3.57. The number of amides is 1. The number of aryl methyl sites for hydroxylation is 1. The second-order valence-electron chi connectivity index (χ2n) is 6.90. The molecular weight excluding hydrogens is 366 g/mol.